The first-order chi connectivity index (χ1) is 21.2. The number of carbonyl (C=O) groups excluding carboxylic acids is 2. The summed E-state index contributed by atoms with van der Waals surface area (Å²) in [5.41, 5.74) is 2.96. The van der Waals surface area contributed by atoms with E-state index in [0.717, 1.165) is 25.2 Å². The highest BCUT2D eigenvalue weighted by atomic mass is 35.5. The number of nitrogens with zero attached hydrogens (tertiary/aromatic N) is 3. The molecule has 1 aliphatic heterocycles. The van der Waals surface area contributed by atoms with Crippen molar-refractivity contribution in [2.24, 2.45) is 5.92 Å². The molecule has 0 radical (unpaired) electrons. The van der Waals surface area contributed by atoms with E-state index in [1.165, 1.54) is 25.2 Å². The highest BCUT2D eigenvalue weighted by Gasteiger charge is 2.27. The molecule has 12 heteroatoms. The predicted molar refractivity (Wildman–Crippen MR) is 172 cm³/mol. The number of allylic oxidation sites excluding steroid dienone is 2. The minimum absolute atomic E-state index is 0.118. The molecule has 44 heavy (non-hydrogen) atoms. The van der Waals surface area contributed by atoms with Crippen molar-refractivity contribution in [3.63, 3.8) is 0 Å². The second kappa shape index (κ2) is 14.1. The fraction of sp³-hybridized carbons (Fsp3) is 0.312. The number of alkyl halides is 1. The Morgan fingerprint density at radius 1 is 1.00 bits per heavy atom. The molecule has 2 aliphatic rings. The maximum atomic E-state index is 13.0. The van der Waals surface area contributed by atoms with Crippen LogP contribution in [0.1, 0.15) is 35.2 Å². The number of aromatic nitrogens is 2. The highest BCUT2D eigenvalue weighted by Crippen LogP contribution is 2.24. The van der Waals surface area contributed by atoms with Crippen molar-refractivity contribution in [2.75, 3.05) is 36.0 Å². The van der Waals surface area contributed by atoms with Crippen LogP contribution in [0.15, 0.2) is 89.7 Å². The van der Waals surface area contributed by atoms with E-state index in [4.69, 9.17) is 11.6 Å². The number of aryl methyl sites for hydroxylation is 1. The summed E-state index contributed by atoms with van der Waals surface area (Å²) >= 11 is 6.40. The van der Waals surface area contributed by atoms with Gasteiger partial charge in [0.2, 0.25) is 11.9 Å². The third-order valence-corrected chi connectivity index (χ3v) is 9.71. The number of anilines is 3. The quantitative estimate of drug-likeness (QED) is 0.255. The molecule has 2 atom stereocenters. The van der Waals surface area contributed by atoms with Gasteiger partial charge in [-0.05, 0) is 94.4 Å². The summed E-state index contributed by atoms with van der Waals surface area (Å²) < 4.78 is 25.5. The van der Waals surface area contributed by atoms with Crippen LogP contribution in [-0.4, -0.2) is 65.9 Å². The number of sulfone groups is 1. The lowest BCUT2D eigenvalue weighted by Gasteiger charge is -2.21. The van der Waals surface area contributed by atoms with Crippen LogP contribution in [0.3, 0.4) is 0 Å². The smallest absolute Gasteiger partial charge is 0.255 e. The second-order valence-corrected chi connectivity index (χ2v) is 13.5. The van der Waals surface area contributed by atoms with Gasteiger partial charge < -0.3 is 20.9 Å². The molecule has 1 aromatic heterocycles. The number of likely N-dealkylation sites (tertiary alicyclic amines) is 1. The van der Waals surface area contributed by atoms with Crippen LogP contribution in [0.4, 0.5) is 17.3 Å². The molecule has 1 saturated heterocycles. The van der Waals surface area contributed by atoms with E-state index in [1.807, 2.05) is 19.1 Å². The Kier molecular flexibility index (Phi) is 10.1. The lowest BCUT2D eigenvalue weighted by molar-refractivity contribution is -0.118. The number of hydrogen-bond donors (Lipinski definition) is 3. The minimum Gasteiger partial charge on any atom is -0.324 e. The zero-order valence-corrected chi connectivity index (χ0v) is 25.9. The van der Waals surface area contributed by atoms with Crippen LogP contribution in [0.5, 0.6) is 0 Å². The zero-order valence-electron chi connectivity index (χ0n) is 24.4. The normalized spacial score (nSPS) is 18.5. The molecule has 1 aliphatic carbocycles. The summed E-state index contributed by atoms with van der Waals surface area (Å²) in [6.45, 7) is 4.82. The molecular weight excluding hydrogens is 600 g/mol. The Labute approximate surface area is 262 Å². The average molecular weight is 635 g/mol. The van der Waals surface area contributed by atoms with Gasteiger partial charge in [-0.3, -0.25) is 9.59 Å². The van der Waals surface area contributed by atoms with Gasteiger partial charge in [-0.1, -0.05) is 23.8 Å². The molecule has 3 N–H and O–H groups in total. The SMILES string of the molecule is Cc1cccc(C(=O)NC2=CC(C(=O)Nc3cnc(Nc4ccc(S(=O)(=O)CCCN5CCCC5)cc4)nc3)C(Cl)C=C2)c1. The van der Waals surface area contributed by atoms with E-state index < -0.39 is 21.1 Å². The van der Waals surface area contributed by atoms with Crippen molar-refractivity contribution in [3.05, 3.63) is 96.0 Å². The standard InChI is InChI=1S/C32H35ClN6O4S/c1-22-6-4-7-23(18-22)30(40)36-25-10-13-29(33)28(19-25)31(41)37-26-20-34-32(35-21-26)38-24-8-11-27(12-9-24)44(42,43)17-5-16-39-14-2-3-15-39/h4,6-13,18-21,28-29H,2-3,5,14-17H2,1H3,(H,36,40)(H,37,41)(H,34,35,38). The molecule has 2 aromatic carbocycles. The topological polar surface area (TPSA) is 133 Å². The fourth-order valence-corrected chi connectivity index (χ4v) is 6.66. The van der Waals surface area contributed by atoms with Crippen molar-refractivity contribution in [3.8, 4) is 0 Å². The largest absolute Gasteiger partial charge is 0.324 e. The number of halogens is 1. The zero-order chi connectivity index (χ0) is 31.1. The molecule has 2 unspecified atom stereocenters. The maximum Gasteiger partial charge on any atom is 0.255 e. The average Bonchev–Trinajstić information content (AvgIpc) is 3.53. The maximum absolute atomic E-state index is 13.0. The first-order valence-electron chi connectivity index (χ1n) is 14.5. The minimum atomic E-state index is -3.36. The lowest BCUT2D eigenvalue weighted by Crippen LogP contribution is -2.32. The Morgan fingerprint density at radius 2 is 1.73 bits per heavy atom. The van der Waals surface area contributed by atoms with Gasteiger partial charge >= 0.3 is 0 Å². The van der Waals surface area contributed by atoms with Crippen molar-refractivity contribution < 1.29 is 18.0 Å². The van der Waals surface area contributed by atoms with Gasteiger partial charge in [-0.15, -0.1) is 11.6 Å². The van der Waals surface area contributed by atoms with E-state index in [2.05, 4.69) is 30.8 Å². The monoisotopic (exact) mass is 634 g/mol. The molecule has 0 saturated carbocycles. The van der Waals surface area contributed by atoms with Crippen molar-refractivity contribution in [1.29, 1.82) is 0 Å². The van der Waals surface area contributed by atoms with Gasteiger partial charge in [0.05, 0.1) is 40.0 Å². The Balaban J connectivity index is 1.14. The molecule has 3 aromatic rings. The molecule has 1 fully saturated rings. The third kappa shape index (κ3) is 8.31. The van der Waals surface area contributed by atoms with Crippen LogP contribution in [-0.2, 0) is 14.6 Å². The molecular formula is C32H35ClN6O4S. The number of benzene rings is 2. The molecule has 2 amide bonds. The van der Waals surface area contributed by atoms with Crippen LogP contribution >= 0.6 is 11.6 Å². The first-order valence-corrected chi connectivity index (χ1v) is 16.6. The first kappa shape index (κ1) is 31.4. The Morgan fingerprint density at radius 3 is 2.43 bits per heavy atom. The molecule has 2 heterocycles. The number of hydrogen-bond acceptors (Lipinski definition) is 8. The number of carbonyl (C=O) groups is 2. The van der Waals surface area contributed by atoms with E-state index >= 15 is 0 Å². The van der Waals surface area contributed by atoms with Crippen molar-refractivity contribution in [2.45, 2.75) is 36.5 Å². The number of nitrogens with one attached hydrogen (secondary N) is 3. The summed E-state index contributed by atoms with van der Waals surface area (Å²) in [6.07, 6.45) is 10.9. The van der Waals surface area contributed by atoms with Crippen molar-refractivity contribution in [1.82, 2.24) is 20.2 Å². The van der Waals surface area contributed by atoms with E-state index in [9.17, 15) is 18.0 Å². The fourth-order valence-electron chi connectivity index (χ4n) is 5.11. The molecule has 0 bridgehead atoms. The van der Waals surface area contributed by atoms with Gasteiger partial charge in [0, 0.05) is 16.9 Å². The van der Waals surface area contributed by atoms with Gasteiger partial charge in [0.25, 0.3) is 5.91 Å². The highest BCUT2D eigenvalue weighted by molar-refractivity contribution is 7.91. The van der Waals surface area contributed by atoms with Crippen LogP contribution in [0, 0.1) is 12.8 Å². The van der Waals surface area contributed by atoms with E-state index in [0.29, 0.717) is 29.1 Å². The molecule has 230 valence electrons. The van der Waals surface area contributed by atoms with Gasteiger partial charge in [-0.2, -0.15) is 0 Å². The van der Waals surface area contributed by atoms with Gasteiger partial charge in [0.15, 0.2) is 9.84 Å². The molecule has 5 rings (SSSR count). The van der Waals surface area contributed by atoms with Crippen LogP contribution in [0.2, 0.25) is 0 Å². The molecule has 0 spiro atoms. The number of amides is 2. The summed E-state index contributed by atoms with van der Waals surface area (Å²) in [5.74, 6) is -0.994. The van der Waals surface area contributed by atoms with Crippen molar-refractivity contribution >= 4 is 50.6 Å². The van der Waals surface area contributed by atoms with E-state index in [1.54, 1.807) is 54.6 Å². The lowest BCUT2D eigenvalue weighted by atomic mass is 9.97. The summed E-state index contributed by atoms with van der Waals surface area (Å²) in [5, 5.41) is 8.02. The predicted octanol–water partition coefficient (Wildman–Crippen LogP) is 4.83. The summed E-state index contributed by atoms with van der Waals surface area (Å²) in [6, 6.07) is 13.7. The van der Waals surface area contributed by atoms with Crippen LogP contribution < -0.4 is 16.0 Å². The van der Waals surface area contributed by atoms with Crippen LogP contribution in [0.25, 0.3) is 0 Å². The van der Waals surface area contributed by atoms with E-state index in [-0.39, 0.29) is 28.4 Å². The summed E-state index contributed by atoms with van der Waals surface area (Å²) in [7, 11) is -3.36. The summed E-state index contributed by atoms with van der Waals surface area (Å²) in [4.78, 5) is 36.8. The second-order valence-electron chi connectivity index (χ2n) is 10.9. The Bertz CT molecular complexity index is 1650. The third-order valence-electron chi connectivity index (χ3n) is 7.48. The molecule has 10 nitrogen and oxygen atoms in total. The number of rotatable bonds is 11. The van der Waals surface area contributed by atoms with Gasteiger partial charge in [0.1, 0.15) is 0 Å². The van der Waals surface area contributed by atoms with Gasteiger partial charge in [-0.25, -0.2) is 18.4 Å². The Hall–Kier alpha value is -4.06.